The average molecular weight is 317 g/mol. The normalized spacial score (nSPS) is 11.5. The van der Waals surface area contributed by atoms with Gasteiger partial charge in [-0.25, -0.2) is 0 Å². The Morgan fingerprint density at radius 2 is 1.26 bits per heavy atom. The molecule has 0 amide bonds. The van der Waals surface area contributed by atoms with Gasteiger partial charge in [0.15, 0.2) is 18.2 Å². The minimum absolute atomic E-state index is 0.502. The van der Waals surface area contributed by atoms with Gasteiger partial charge in [-0.1, -0.05) is 54.6 Å². The van der Waals surface area contributed by atoms with Crippen molar-refractivity contribution in [2.75, 3.05) is 0 Å². The van der Waals surface area contributed by atoms with Crippen LogP contribution in [0.15, 0.2) is 72.8 Å². The molecule has 23 heavy (non-hydrogen) atoms. The first-order chi connectivity index (χ1) is 11.2. The van der Waals surface area contributed by atoms with Gasteiger partial charge in [-0.2, -0.15) is 0 Å². The van der Waals surface area contributed by atoms with E-state index in [1.807, 2.05) is 0 Å². The van der Waals surface area contributed by atoms with E-state index in [1.54, 1.807) is 0 Å². The lowest BCUT2D eigenvalue weighted by molar-refractivity contribution is 1.29. The summed E-state index contributed by atoms with van der Waals surface area (Å²) >= 11 is 0. The summed E-state index contributed by atoms with van der Waals surface area (Å²) in [6.07, 6.45) is 0. The Bertz CT molecular complexity index is 831. The van der Waals surface area contributed by atoms with E-state index in [4.69, 9.17) is 0 Å². The molecule has 0 bridgehead atoms. The second-order valence-corrected chi connectivity index (χ2v) is 7.89. The standard InChI is InChI=1S/C22H22P/c1-17-14-15-22(19(3)18(17)2)23(21-12-8-5-9-13-21)16-20-10-6-4-7-11-20/h4-16H,1-3H3/q+1. The molecule has 0 spiro atoms. The molecule has 0 aromatic heterocycles. The molecular weight excluding hydrogens is 295 g/mol. The lowest BCUT2D eigenvalue weighted by Gasteiger charge is -2.07. The maximum Gasteiger partial charge on any atom is 0.170 e. The summed E-state index contributed by atoms with van der Waals surface area (Å²) in [5, 5.41) is 2.86. The third-order valence-corrected chi connectivity index (χ3v) is 6.82. The Hall–Kier alpha value is -2.17. The number of aryl methyl sites for hydroxylation is 1. The summed E-state index contributed by atoms with van der Waals surface area (Å²) in [4.78, 5) is 0. The van der Waals surface area contributed by atoms with Gasteiger partial charge in [0.2, 0.25) is 0 Å². The van der Waals surface area contributed by atoms with Crippen molar-refractivity contribution in [1.29, 1.82) is 0 Å². The van der Waals surface area contributed by atoms with Crippen LogP contribution in [0.2, 0.25) is 0 Å². The van der Waals surface area contributed by atoms with Crippen LogP contribution in [0.25, 0.3) is 0 Å². The molecule has 0 saturated carbocycles. The molecule has 3 aromatic carbocycles. The van der Waals surface area contributed by atoms with Gasteiger partial charge in [-0.15, -0.1) is 0 Å². The molecule has 1 atom stereocenters. The zero-order valence-corrected chi connectivity index (χ0v) is 14.8. The van der Waals surface area contributed by atoms with E-state index in [2.05, 4.69) is 99.4 Å². The van der Waals surface area contributed by atoms with Gasteiger partial charge in [-0.05, 0) is 50.1 Å². The number of benzene rings is 3. The second kappa shape index (κ2) is 6.94. The zero-order valence-electron chi connectivity index (χ0n) is 14.0. The van der Waals surface area contributed by atoms with Crippen molar-refractivity contribution in [3.05, 3.63) is 95.1 Å². The quantitative estimate of drug-likeness (QED) is 0.603. The third kappa shape index (κ3) is 3.44. The Morgan fingerprint density at radius 3 is 1.91 bits per heavy atom. The first kappa shape index (κ1) is 15.7. The van der Waals surface area contributed by atoms with E-state index in [-0.39, 0.29) is 0 Å². The van der Waals surface area contributed by atoms with Gasteiger partial charge in [0.1, 0.15) is 5.80 Å². The highest BCUT2D eigenvalue weighted by atomic mass is 31.1. The molecule has 1 heteroatoms. The van der Waals surface area contributed by atoms with Crippen LogP contribution in [0.3, 0.4) is 0 Å². The summed E-state index contributed by atoms with van der Waals surface area (Å²) in [5.74, 6) is 2.43. The summed E-state index contributed by atoms with van der Waals surface area (Å²) in [6.45, 7) is 6.68. The lowest BCUT2D eigenvalue weighted by atomic mass is 10.1. The highest BCUT2D eigenvalue weighted by Crippen LogP contribution is 2.26. The van der Waals surface area contributed by atoms with E-state index in [0.29, 0.717) is 0 Å². The van der Waals surface area contributed by atoms with Crippen LogP contribution >= 0.6 is 7.55 Å². The summed E-state index contributed by atoms with van der Waals surface area (Å²) < 4.78 is 0. The Morgan fingerprint density at radius 1 is 0.652 bits per heavy atom. The molecule has 0 fully saturated rings. The summed E-state index contributed by atoms with van der Waals surface area (Å²) in [5.41, 5.74) is 5.49. The van der Waals surface area contributed by atoms with Crippen molar-refractivity contribution in [3.63, 3.8) is 0 Å². The van der Waals surface area contributed by atoms with Crippen LogP contribution in [0.5, 0.6) is 0 Å². The van der Waals surface area contributed by atoms with Crippen molar-refractivity contribution < 1.29 is 0 Å². The van der Waals surface area contributed by atoms with Gasteiger partial charge in [0, 0.05) is 11.1 Å². The lowest BCUT2D eigenvalue weighted by Crippen LogP contribution is -2.13. The van der Waals surface area contributed by atoms with Crippen LogP contribution in [0.4, 0.5) is 0 Å². The molecule has 3 aromatic rings. The van der Waals surface area contributed by atoms with E-state index >= 15 is 0 Å². The zero-order chi connectivity index (χ0) is 16.2. The van der Waals surface area contributed by atoms with Gasteiger partial charge in [-0.3, -0.25) is 0 Å². The molecule has 0 saturated heterocycles. The fourth-order valence-electron chi connectivity index (χ4n) is 2.76. The fourth-order valence-corrected chi connectivity index (χ4v) is 5.06. The molecule has 0 nitrogen and oxygen atoms in total. The molecule has 0 aliphatic rings. The maximum atomic E-state index is 2.43. The highest BCUT2D eigenvalue weighted by Gasteiger charge is 2.21. The van der Waals surface area contributed by atoms with Gasteiger partial charge in [0.25, 0.3) is 0 Å². The van der Waals surface area contributed by atoms with Crippen LogP contribution in [0, 0.1) is 20.8 Å². The van der Waals surface area contributed by atoms with Crippen molar-refractivity contribution in [3.8, 4) is 0 Å². The topological polar surface area (TPSA) is 0 Å². The predicted octanol–water partition coefficient (Wildman–Crippen LogP) is 4.90. The Kier molecular flexibility index (Phi) is 4.74. The van der Waals surface area contributed by atoms with Gasteiger partial charge in [0.05, 0.1) is 0 Å². The first-order valence-electron chi connectivity index (χ1n) is 7.98. The van der Waals surface area contributed by atoms with Crippen molar-refractivity contribution >= 4 is 24.0 Å². The van der Waals surface area contributed by atoms with Crippen LogP contribution in [-0.2, 0) is 0 Å². The van der Waals surface area contributed by atoms with E-state index in [9.17, 15) is 0 Å². The van der Waals surface area contributed by atoms with Gasteiger partial charge >= 0.3 is 0 Å². The van der Waals surface area contributed by atoms with Crippen molar-refractivity contribution in [2.45, 2.75) is 20.8 Å². The van der Waals surface area contributed by atoms with Crippen molar-refractivity contribution in [1.82, 2.24) is 0 Å². The molecular formula is C22H22P+. The smallest absolute Gasteiger partial charge is 0.0622 e. The molecule has 0 aliphatic carbocycles. The van der Waals surface area contributed by atoms with E-state index in [1.165, 1.54) is 32.9 Å². The highest BCUT2D eigenvalue weighted by molar-refractivity contribution is 7.72. The SMILES string of the molecule is Cc1ccc([P+](=Cc2ccccc2)c2ccccc2)c(C)c1C. The molecule has 0 radical (unpaired) electrons. The monoisotopic (exact) mass is 317 g/mol. The Balaban J connectivity index is 2.22. The molecule has 0 N–H and O–H groups in total. The summed E-state index contributed by atoms with van der Waals surface area (Å²) in [7, 11) is -0.502. The molecule has 0 heterocycles. The maximum absolute atomic E-state index is 2.43. The average Bonchev–Trinajstić information content (AvgIpc) is 2.60. The Labute approximate surface area is 140 Å². The van der Waals surface area contributed by atoms with Crippen LogP contribution < -0.4 is 10.6 Å². The molecule has 3 rings (SSSR count). The molecule has 114 valence electrons. The van der Waals surface area contributed by atoms with E-state index in [0.717, 1.165) is 0 Å². The largest absolute Gasteiger partial charge is 0.170 e. The van der Waals surface area contributed by atoms with Crippen LogP contribution in [-0.4, -0.2) is 5.80 Å². The van der Waals surface area contributed by atoms with E-state index < -0.39 is 7.55 Å². The third-order valence-electron chi connectivity index (χ3n) is 4.40. The molecule has 1 unspecified atom stereocenters. The fraction of sp³-hybridized carbons (Fsp3) is 0.136. The summed E-state index contributed by atoms with van der Waals surface area (Å²) in [6, 6.07) is 26.1. The van der Waals surface area contributed by atoms with Gasteiger partial charge < -0.3 is 0 Å². The minimum Gasteiger partial charge on any atom is -0.0622 e. The number of hydrogen-bond donors (Lipinski definition) is 0. The van der Waals surface area contributed by atoms with Crippen LogP contribution in [0.1, 0.15) is 22.3 Å². The number of hydrogen-bond acceptors (Lipinski definition) is 0. The second-order valence-electron chi connectivity index (χ2n) is 5.90. The predicted molar refractivity (Wildman–Crippen MR) is 105 cm³/mol. The van der Waals surface area contributed by atoms with Crippen molar-refractivity contribution in [2.24, 2.45) is 0 Å². The first-order valence-corrected chi connectivity index (χ1v) is 9.39. The minimum atomic E-state index is -0.502. The number of rotatable bonds is 3. The molecule has 0 aliphatic heterocycles.